The molecule has 0 saturated carbocycles. The molecule has 0 atom stereocenters. The molecule has 3 aromatic rings. The SMILES string of the molecule is Brc1cccc(CNc2ccccc2-n2cnnn2)n1. The van der Waals surface area contributed by atoms with Gasteiger partial charge in [0.05, 0.1) is 23.6 Å². The molecule has 0 aliphatic heterocycles. The van der Waals surface area contributed by atoms with E-state index in [4.69, 9.17) is 0 Å². The topological polar surface area (TPSA) is 68.5 Å². The van der Waals surface area contributed by atoms with Crippen LogP contribution in [0.4, 0.5) is 5.69 Å². The van der Waals surface area contributed by atoms with Gasteiger partial charge in [-0.1, -0.05) is 18.2 Å². The smallest absolute Gasteiger partial charge is 0.143 e. The van der Waals surface area contributed by atoms with Gasteiger partial charge in [0.25, 0.3) is 0 Å². The molecule has 0 spiro atoms. The van der Waals surface area contributed by atoms with Gasteiger partial charge in [-0.15, -0.1) is 5.10 Å². The molecule has 2 heterocycles. The minimum absolute atomic E-state index is 0.624. The third-order valence-electron chi connectivity index (χ3n) is 2.73. The Morgan fingerprint density at radius 3 is 2.80 bits per heavy atom. The predicted octanol–water partition coefficient (Wildman–Crippen LogP) is 2.43. The van der Waals surface area contributed by atoms with Crippen molar-refractivity contribution in [1.82, 2.24) is 25.2 Å². The number of benzene rings is 1. The van der Waals surface area contributed by atoms with Crippen molar-refractivity contribution in [3.63, 3.8) is 0 Å². The third-order valence-corrected chi connectivity index (χ3v) is 3.17. The zero-order valence-corrected chi connectivity index (χ0v) is 12.0. The Morgan fingerprint density at radius 1 is 1.10 bits per heavy atom. The molecule has 3 rings (SSSR count). The molecule has 0 aliphatic carbocycles. The number of rotatable bonds is 4. The van der Waals surface area contributed by atoms with Gasteiger partial charge in [-0.25, -0.2) is 4.98 Å². The summed E-state index contributed by atoms with van der Waals surface area (Å²) in [4.78, 5) is 4.39. The number of halogens is 1. The Hall–Kier alpha value is -2.28. The van der Waals surface area contributed by atoms with Gasteiger partial charge >= 0.3 is 0 Å². The van der Waals surface area contributed by atoms with Crippen LogP contribution in [0.15, 0.2) is 53.4 Å². The molecule has 1 N–H and O–H groups in total. The van der Waals surface area contributed by atoms with Gasteiger partial charge in [0.2, 0.25) is 0 Å². The molecule has 20 heavy (non-hydrogen) atoms. The van der Waals surface area contributed by atoms with E-state index in [1.54, 1.807) is 11.0 Å². The second-order valence-electron chi connectivity index (χ2n) is 4.08. The highest BCUT2D eigenvalue weighted by atomic mass is 79.9. The van der Waals surface area contributed by atoms with Crippen LogP contribution in [0.2, 0.25) is 0 Å². The molecule has 0 saturated heterocycles. The zero-order chi connectivity index (χ0) is 13.8. The summed E-state index contributed by atoms with van der Waals surface area (Å²) in [5.74, 6) is 0. The van der Waals surface area contributed by atoms with Gasteiger partial charge in [-0.05, 0) is 50.6 Å². The third kappa shape index (κ3) is 2.83. The standard InChI is InChI=1S/C13H11BrN6/c14-13-7-3-4-10(17-13)8-15-11-5-1-2-6-12(11)20-9-16-18-19-20/h1-7,9,15H,8H2. The molecule has 0 aliphatic rings. The fraction of sp³-hybridized carbons (Fsp3) is 0.0769. The lowest BCUT2D eigenvalue weighted by Gasteiger charge is -2.10. The zero-order valence-electron chi connectivity index (χ0n) is 10.4. The Morgan fingerprint density at radius 2 is 2.00 bits per heavy atom. The van der Waals surface area contributed by atoms with Crippen LogP contribution in [0.25, 0.3) is 5.69 Å². The van der Waals surface area contributed by atoms with Crippen molar-refractivity contribution in [1.29, 1.82) is 0 Å². The fourth-order valence-electron chi connectivity index (χ4n) is 1.83. The average molecular weight is 331 g/mol. The Kier molecular flexibility index (Phi) is 3.69. The van der Waals surface area contributed by atoms with E-state index in [9.17, 15) is 0 Å². The maximum atomic E-state index is 4.39. The van der Waals surface area contributed by atoms with Gasteiger partial charge in [0.15, 0.2) is 0 Å². The highest BCUT2D eigenvalue weighted by molar-refractivity contribution is 9.10. The highest BCUT2D eigenvalue weighted by Gasteiger charge is 2.05. The van der Waals surface area contributed by atoms with E-state index in [0.717, 1.165) is 21.7 Å². The molecule has 0 fully saturated rings. The van der Waals surface area contributed by atoms with Crippen molar-refractivity contribution in [2.75, 3.05) is 5.32 Å². The first-order valence-electron chi connectivity index (χ1n) is 6.00. The molecular weight excluding hydrogens is 320 g/mol. The van der Waals surface area contributed by atoms with E-state index in [-0.39, 0.29) is 0 Å². The monoisotopic (exact) mass is 330 g/mol. The normalized spacial score (nSPS) is 10.4. The average Bonchev–Trinajstić information content (AvgIpc) is 3.00. The summed E-state index contributed by atoms with van der Waals surface area (Å²) in [6, 6.07) is 13.7. The molecule has 100 valence electrons. The van der Waals surface area contributed by atoms with Crippen LogP contribution in [0.5, 0.6) is 0 Å². The maximum Gasteiger partial charge on any atom is 0.143 e. The molecule has 0 unspecified atom stereocenters. The summed E-state index contributed by atoms with van der Waals surface area (Å²) in [5.41, 5.74) is 2.79. The van der Waals surface area contributed by atoms with E-state index in [2.05, 4.69) is 41.8 Å². The number of pyridine rings is 1. The number of nitrogens with zero attached hydrogens (tertiary/aromatic N) is 5. The van der Waals surface area contributed by atoms with Crippen LogP contribution in [0.1, 0.15) is 5.69 Å². The van der Waals surface area contributed by atoms with Crippen LogP contribution in [0, 0.1) is 0 Å². The summed E-state index contributed by atoms with van der Waals surface area (Å²) in [6.07, 6.45) is 1.57. The fourth-order valence-corrected chi connectivity index (χ4v) is 2.21. The minimum atomic E-state index is 0.624. The Labute approximate surface area is 124 Å². The Bertz CT molecular complexity index is 698. The lowest BCUT2D eigenvalue weighted by atomic mass is 10.2. The van der Waals surface area contributed by atoms with E-state index in [1.165, 1.54) is 0 Å². The molecule has 0 bridgehead atoms. The van der Waals surface area contributed by atoms with Crippen LogP contribution < -0.4 is 5.32 Å². The van der Waals surface area contributed by atoms with Crippen LogP contribution >= 0.6 is 15.9 Å². The largest absolute Gasteiger partial charge is 0.378 e. The second-order valence-corrected chi connectivity index (χ2v) is 4.89. The molecular formula is C13H11BrN6. The molecule has 7 heteroatoms. The van der Waals surface area contributed by atoms with Crippen molar-refractivity contribution in [2.45, 2.75) is 6.54 Å². The molecule has 1 aromatic carbocycles. The van der Waals surface area contributed by atoms with Gasteiger partial charge in [-0.3, -0.25) is 0 Å². The van der Waals surface area contributed by atoms with E-state index < -0.39 is 0 Å². The van der Waals surface area contributed by atoms with Gasteiger partial charge in [0, 0.05) is 0 Å². The second kappa shape index (κ2) is 5.79. The van der Waals surface area contributed by atoms with E-state index >= 15 is 0 Å². The lowest BCUT2D eigenvalue weighted by Crippen LogP contribution is -2.06. The number of anilines is 1. The summed E-state index contributed by atoms with van der Waals surface area (Å²) in [7, 11) is 0. The number of para-hydroxylation sites is 2. The van der Waals surface area contributed by atoms with Crippen molar-refractivity contribution in [3.05, 3.63) is 59.1 Å². The van der Waals surface area contributed by atoms with Gasteiger partial charge in [-0.2, -0.15) is 4.68 Å². The number of aromatic nitrogens is 5. The Balaban J connectivity index is 1.81. The van der Waals surface area contributed by atoms with E-state index in [0.29, 0.717) is 6.54 Å². The van der Waals surface area contributed by atoms with Crippen LogP contribution in [-0.2, 0) is 6.54 Å². The quantitative estimate of drug-likeness (QED) is 0.744. The maximum absolute atomic E-state index is 4.39. The summed E-state index contributed by atoms with van der Waals surface area (Å²) in [5, 5.41) is 14.6. The minimum Gasteiger partial charge on any atom is -0.378 e. The first-order valence-corrected chi connectivity index (χ1v) is 6.80. The number of tetrazole rings is 1. The van der Waals surface area contributed by atoms with Crippen LogP contribution in [-0.4, -0.2) is 25.2 Å². The predicted molar refractivity (Wildman–Crippen MR) is 78.4 cm³/mol. The molecule has 0 radical (unpaired) electrons. The van der Waals surface area contributed by atoms with Crippen molar-refractivity contribution >= 4 is 21.6 Å². The summed E-state index contributed by atoms with van der Waals surface area (Å²) >= 11 is 3.36. The first kappa shape index (κ1) is 12.7. The molecule has 2 aromatic heterocycles. The summed E-state index contributed by atoms with van der Waals surface area (Å²) in [6.45, 7) is 0.624. The van der Waals surface area contributed by atoms with Gasteiger partial charge < -0.3 is 5.32 Å². The van der Waals surface area contributed by atoms with E-state index in [1.807, 2.05) is 42.5 Å². The lowest BCUT2D eigenvalue weighted by molar-refractivity contribution is 0.789. The van der Waals surface area contributed by atoms with Crippen molar-refractivity contribution in [2.24, 2.45) is 0 Å². The van der Waals surface area contributed by atoms with Crippen LogP contribution in [0.3, 0.4) is 0 Å². The number of hydrogen-bond donors (Lipinski definition) is 1. The first-order chi connectivity index (χ1) is 9.83. The number of nitrogens with one attached hydrogen (secondary N) is 1. The molecule has 6 nitrogen and oxygen atoms in total. The van der Waals surface area contributed by atoms with Crippen molar-refractivity contribution < 1.29 is 0 Å². The van der Waals surface area contributed by atoms with Crippen molar-refractivity contribution in [3.8, 4) is 5.69 Å². The summed E-state index contributed by atoms with van der Waals surface area (Å²) < 4.78 is 2.45. The van der Waals surface area contributed by atoms with Gasteiger partial charge in [0.1, 0.15) is 10.9 Å². The highest BCUT2D eigenvalue weighted by Crippen LogP contribution is 2.19. The number of hydrogen-bond acceptors (Lipinski definition) is 5. The molecule has 0 amide bonds.